The van der Waals surface area contributed by atoms with Gasteiger partial charge in [-0.1, -0.05) is 19.1 Å². The van der Waals surface area contributed by atoms with Crippen molar-refractivity contribution in [3.63, 3.8) is 0 Å². The Labute approximate surface area is 181 Å². The minimum absolute atomic E-state index is 0.0971. The van der Waals surface area contributed by atoms with Gasteiger partial charge in [-0.3, -0.25) is 19.2 Å². The van der Waals surface area contributed by atoms with Crippen LogP contribution in [0.3, 0.4) is 0 Å². The van der Waals surface area contributed by atoms with Gasteiger partial charge in [0.05, 0.1) is 5.92 Å². The summed E-state index contributed by atoms with van der Waals surface area (Å²) < 4.78 is 14.2. The summed E-state index contributed by atoms with van der Waals surface area (Å²) in [5.74, 6) is -2.96. The maximum atomic E-state index is 13.3. The van der Waals surface area contributed by atoms with E-state index in [9.17, 15) is 28.7 Å². The van der Waals surface area contributed by atoms with Crippen molar-refractivity contribution in [3.05, 3.63) is 73.5 Å². The summed E-state index contributed by atoms with van der Waals surface area (Å²) in [6.45, 7) is 1.38. The van der Waals surface area contributed by atoms with E-state index in [1.54, 1.807) is 6.92 Å². The maximum Gasteiger partial charge on any atom is 0.267 e. The van der Waals surface area contributed by atoms with Crippen LogP contribution in [0.4, 0.5) is 4.39 Å². The number of fused-ring (bicyclic) bond motifs is 1. The molecule has 0 aliphatic rings. The van der Waals surface area contributed by atoms with Gasteiger partial charge in [0.2, 0.25) is 11.3 Å². The molecule has 0 aliphatic heterocycles. The van der Waals surface area contributed by atoms with Gasteiger partial charge in [-0.15, -0.1) is 0 Å². The quantitative estimate of drug-likeness (QED) is 0.450. The van der Waals surface area contributed by atoms with Gasteiger partial charge in [0.25, 0.3) is 11.5 Å². The van der Waals surface area contributed by atoms with Gasteiger partial charge in [0.1, 0.15) is 22.4 Å². The Morgan fingerprint density at radius 3 is 2.41 bits per heavy atom. The monoisotopic (exact) mass is 442 g/mol. The molecule has 1 atom stereocenters. The van der Waals surface area contributed by atoms with E-state index in [2.05, 4.69) is 15.6 Å². The van der Waals surface area contributed by atoms with E-state index in [4.69, 9.17) is 0 Å². The third kappa shape index (κ3) is 4.11. The maximum absolute atomic E-state index is 13.3. The molecule has 0 spiro atoms. The van der Waals surface area contributed by atoms with Crippen LogP contribution in [0.5, 0.6) is 5.75 Å². The summed E-state index contributed by atoms with van der Waals surface area (Å²) in [5, 5.41) is 15.4. The minimum atomic E-state index is -0.894. The second-order valence-corrected chi connectivity index (χ2v) is 7.40. The second kappa shape index (κ2) is 9.04. The Hall–Kier alpha value is -3.95. The number of carbonyl (C=O) groups excluding carboxylic acids is 2. The highest BCUT2D eigenvalue weighted by Gasteiger charge is 2.26. The van der Waals surface area contributed by atoms with Crippen molar-refractivity contribution < 1.29 is 19.1 Å². The van der Waals surface area contributed by atoms with Crippen LogP contribution in [0.15, 0.2) is 40.1 Å². The lowest BCUT2D eigenvalue weighted by Crippen LogP contribution is -2.37. The van der Waals surface area contributed by atoms with E-state index in [-0.39, 0.29) is 35.5 Å². The Bertz CT molecular complexity index is 1310. The lowest BCUT2D eigenvalue weighted by Gasteiger charge is -2.17. The molecule has 2 amide bonds. The van der Waals surface area contributed by atoms with Crippen LogP contribution in [0.25, 0.3) is 11.0 Å². The number of amides is 2. The summed E-state index contributed by atoms with van der Waals surface area (Å²) in [5.41, 5.74) is -1.31. The molecular weight excluding hydrogens is 419 g/mol. The number of nitrogens with zero attached hydrogens (tertiary/aromatic N) is 1. The van der Waals surface area contributed by atoms with E-state index in [0.29, 0.717) is 5.56 Å². The second-order valence-electron chi connectivity index (χ2n) is 7.40. The van der Waals surface area contributed by atoms with Crippen molar-refractivity contribution >= 4 is 22.8 Å². The molecule has 1 aromatic carbocycles. The van der Waals surface area contributed by atoms with E-state index < -0.39 is 39.9 Å². The first-order chi connectivity index (χ1) is 15.2. The predicted molar refractivity (Wildman–Crippen MR) is 116 cm³/mol. The van der Waals surface area contributed by atoms with Gasteiger partial charge < -0.3 is 25.3 Å². The van der Waals surface area contributed by atoms with Crippen molar-refractivity contribution in [3.8, 4) is 5.75 Å². The molecule has 0 bridgehead atoms. The molecule has 2 heterocycles. The Kier molecular flexibility index (Phi) is 6.42. The largest absolute Gasteiger partial charge is 0.505 e. The first-order valence-electron chi connectivity index (χ1n) is 9.87. The zero-order valence-electron chi connectivity index (χ0n) is 17.8. The third-order valence-electron chi connectivity index (χ3n) is 5.25. The number of benzene rings is 1. The zero-order valence-corrected chi connectivity index (χ0v) is 17.8. The lowest BCUT2D eigenvalue weighted by atomic mass is 10.0. The average molecular weight is 442 g/mol. The molecule has 32 heavy (non-hydrogen) atoms. The predicted octanol–water partition coefficient (Wildman–Crippen LogP) is 0.867. The molecule has 0 aliphatic carbocycles. The van der Waals surface area contributed by atoms with Gasteiger partial charge in [-0.2, -0.15) is 0 Å². The summed E-state index contributed by atoms with van der Waals surface area (Å²) in [6.07, 6.45) is 1.51. The summed E-state index contributed by atoms with van der Waals surface area (Å²) in [4.78, 5) is 53.6. The Morgan fingerprint density at radius 1 is 1.16 bits per heavy atom. The first kappa shape index (κ1) is 22.7. The molecule has 168 valence electrons. The van der Waals surface area contributed by atoms with Crippen molar-refractivity contribution in [1.29, 1.82) is 0 Å². The van der Waals surface area contributed by atoms with E-state index >= 15 is 0 Å². The molecule has 2 aromatic heterocycles. The van der Waals surface area contributed by atoms with Crippen LogP contribution in [-0.4, -0.2) is 40.6 Å². The number of aromatic amines is 1. The lowest BCUT2D eigenvalue weighted by molar-refractivity contribution is -0.124. The van der Waals surface area contributed by atoms with Crippen LogP contribution < -0.4 is 21.6 Å². The highest BCUT2D eigenvalue weighted by Crippen LogP contribution is 2.24. The standard InChI is InChI=1S/C22H23FN4O5/c1-11(20(30)24-2)10-27-17-16(19(29)15(22(27)32)21(31)25-3)26-9-13(18(17)28)8-12-4-6-14(23)7-5-12/h4-7,9,11,29H,8,10H2,1-3H3,(H,24,30)(H,25,31)(H,26,28)/t11-/m1/s1. The SMILES string of the molecule is CNC(=O)c1c(O)c2[nH]cc(Cc3ccc(F)cc3)c(=O)c2n(C[C@@H](C)C(=O)NC)c1=O. The highest BCUT2D eigenvalue weighted by molar-refractivity contribution is 6.01. The molecule has 10 heteroatoms. The molecule has 4 N–H and O–H groups in total. The zero-order chi connectivity index (χ0) is 23.6. The Morgan fingerprint density at radius 2 is 1.81 bits per heavy atom. The number of hydrogen-bond donors (Lipinski definition) is 4. The van der Waals surface area contributed by atoms with Crippen LogP contribution in [0.1, 0.15) is 28.4 Å². The first-order valence-corrected chi connectivity index (χ1v) is 9.87. The van der Waals surface area contributed by atoms with Crippen LogP contribution >= 0.6 is 0 Å². The molecule has 0 fully saturated rings. The normalized spacial score (nSPS) is 11.9. The molecule has 3 aromatic rings. The molecule has 0 unspecified atom stereocenters. The van der Waals surface area contributed by atoms with E-state index in [0.717, 1.165) is 4.57 Å². The van der Waals surface area contributed by atoms with Crippen LogP contribution in [-0.2, 0) is 17.8 Å². The van der Waals surface area contributed by atoms with Crippen LogP contribution in [0, 0.1) is 11.7 Å². The smallest absolute Gasteiger partial charge is 0.267 e. The number of pyridine rings is 2. The Balaban J connectivity index is 2.28. The average Bonchev–Trinajstić information content (AvgIpc) is 2.78. The molecular formula is C22H23FN4O5. The molecule has 9 nitrogen and oxygen atoms in total. The highest BCUT2D eigenvalue weighted by atomic mass is 19.1. The number of H-pyrrole nitrogens is 1. The number of aromatic hydroxyl groups is 1. The van der Waals surface area contributed by atoms with E-state index in [1.165, 1.54) is 44.6 Å². The molecule has 0 saturated heterocycles. The molecule has 0 saturated carbocycles. The van der Waals surface area contributed by atoms with Gasteiger partial charge in [0, 0.05) is 38.8 Å². The van der Waals surface area contributed by atoms with Crippen molar-refractivity contribution in [1.82, 2.24) is 20.2 Å². The number of carbonyl (C=O) groups is 2. The van der Waals surface area contributed by atoms with E-state index in [1.807, 2.05) is 0 Å². The van der Waals surface area contributed by atoms with Crippen molar-refractivity contribution in [2.24, 2.45) is 5.92 Å². The fourth-order valence-electron chi connectivity index (χ4n) is 3.52. The van der Waals surface area contributed by atoms with Gasteiger partial charge >= 0.3 is 0 Å². The summed E-state index contributed by atoms with van der Waals surface area (Å²) in [6, 6.07) is 5.61. The third-order valence-corrected chi connectivity index (χ3v) is 5.25. The van der Waals surface area contributed by atoms with Crippen molar-refractivity contribution in [2.45, 2.75) is 19.9 Å². The van der Waals surface area contributed by atoms with Crippen LogP contribution in [0.2, 0.25) is 0 Å². The number of aromatic nitrogens is 2. The fourth-order valence-corrected chi connectivity index (χ4v) is 3.52. The summed E-state index contributed by atoms with van der Waals surface area (Å²) >= 11 is 0. The number of nitrogens with one attached hydrogen (secondary N) is 3. The van der Waals surface area contributed by atoms with Gasteiger partial charge in [0.15, 0.2) is 5.75 Å². The minimum Gasteiger partial charge on any atom is -0.505 e. The molecule has 3 rings (SSSR count). The van der Waals surface area contributed by atoms with Gasteiger partial charge in [-0.05, 0) is 17.7 Å². The topological polar surface area (TPSA) is 133 Å². The number of rotatable bonds is 6. The summed E-state index contributed by atoms with van der Waals surface area (Å²) in [7, 11) is 2.75. The number of hydrogen-bond acceptors (Lipinski definition) is 5. The molecule has 0 radical (unpaired) electrons. The van der Waals surface area contributed by atoms with Crippen molar-refractivity contribution in [2.75, 3.05) is 14.1 Å². The fraction of sp³-hybridized carbons (Fsp3) is 0.273. The number of halogens is 1. The van der Waals surface area contributed by atoms with Gasteiger partial charge in [-0.25, -0.2) is 4.39 Å².